The standard InChI is InChI=1S/C24H27N5O4/c30-15-21-19(24(33)28-20(13-22(31)32)16-5-2-1-3-6-16)14-26-29(21)12-10-18-9-8-17-7-4-11-25-23(17)27-18/h1-3,5-6,8-9,14,20,30H,4,7,10-13,15H2,(H,25,27)(H,28,33)(H,31,32). The summed E-state index contributed by atoms with van der Waals surface area (Å²) >= 11 is 0. The van der Waals surface area contributed by atoms with E-state index < -0.39 is 17.9 Å². The second-order valence-corrected chi connectivity index (χ2v) is 8.01. The Kier molecular flexibility index (Phi) is 6.99. The molecule has 1 unspecified atom stereocenters. The first-order valence-corrected chi connectivity index (χ1v) is 11.0. The summed E-state index contributed by atoms with van der Waals surface area (Å²) in [6, 6.07) is 12.3. The molecule has 1 amide bonds. The van der Waals surface area contributed by atoms with Crippen molar-refractivity contribution in [1.82, 2.24) is 20.1 Å². The van der Waals surface area contributed by atoms with Crippen molar-refractivity contribution in [3.8, 4) is 0 Å². The Hall–Kier alpha value is -3.72. The molecule has 33 heavy (non-hydrogen) atoms. The number of hydrogen-bond acceptors (Lipinski definition) is 6. The van der Waals surface area contributed by atoms with Crippen LogP contribution in [0.1, 0.15) is 51.8 Å². The number of aromatic nitrogens is 3. The highest BCUT2D eigenvalue weighted by Crippen LogP contribution is 2.21. The van der Waals surface area contributed by atoms with Gasteiger partial charge in [-0.25, -0.2) is 4.98 Å². The Morgan fingerprint density at radius 2 is 2.00 bits per heavy atom. The van der Waals surface area contributed by atoms with Gasteiger partial charge in [0.25, 0.3) is 5.91 Å². The normalized spacial score (nSPS) is 13.6. The molecule has 9 heteroatoms. The highest BCUT2D eigenvalue weighted by molar-refractivity contribution is 5.95. The highest BCUT2D eigenvalue weighted by atomic mass is 16.4. The molecule has 172 valence electrons. The van der Waals surface area contributed by atoms with Gasteiger partial charge in [-0.2, -0.15) is 5.10 Å². The van der Waals surface area contributed by atoms with Gasteiger partial charge in [0.1, 0.15) is 5.82 Å². The van der Waals surface area contributed by atoms with E-state index in [2.05, 4.69) is 26.8 Å². The van der Waals surface area contributed by atoms with Gasteiger partial charge in [0.2, 0.25) is 0 Å². The fourth-order valence-corrected chi connectivity index (χ4v) is 4.04. The number of rotatable bonds is 9. The quantitative estimate of drug-likeness (QED) is 0.394. The summed E-state index contributed by atoms with van der Waals surface area (Å²) in [4.78, 5) is 28.9. The number of nitrogens with zero attached hydrogens (tertiary/aromatic N) is 3. The van der Waals surface area contributed by atoms with Crippen LogP contribution < -0.4 is 10.6 Å². The number of carboxylic acid groups (broad SMARTS) is 1. The first kappa shape index (κ1) is 22.5. The van der Waals surface area contributed by atoms with Crippen LogP contribution in [0.2, 0.25) is 0 Å². The molecule has 0 aliphatic carbocycles. The Morgan fingerprint density at radius 3 is 2.76 bits per heavy atom. The Balaban J connectivity index is 1.47. The van der Waals surface area contributed by atoms with Gasteiger partial charge in [0.05, 0.1) is 36.5 Å². The summed E-state index contributed by atoms with van der Waals surface area (Å²) in [6.45, 7) is 1.00. The average Bonchev–Trinajstić information content (AvgIpc) is 3.25. The van der Waals surface area contributed by atoms with Crippen LogP contribution in [0.4, 0.5) is 5.82 Å². The molecule has 0 bridgehead atoms. The number of anilines is 1. The number of hydrogen-bond donors (Lipinski definition) is 4. The molecule has 1 aliphatic heterocycles. The lowest BCUT2D eigenvalue weighted by Crippen LogP contribution is -2.30. The third kappa shape index (κ3) is 5.38. The molecule has 3 heterocycles. The third-order valence-corrected chi connectivity index (χ3v) is 5.76. The second kappa shape index (κ2) is 10.3. The fraction of sp³-hybridized carbons (Fsp3) is 0.333. The van der Waals surface area contributed by atoms with E-state index in [-0.39, 0.29) is 18.6 Å². The van der Waals surface area contributed by atoms with Gasteiger partial charge in [-0.3, -0.25) is 14.3 Å². The van der Waals surface area contributed by atoms with Crippen LogP contribution >= 0.6 is 0 Å². The van der Waals surface area contributed by atoms with Gasteiger partial charge in [-0.1, -0.05) is 36.4 Å². The van der Waals surface area contributed by atoms with Crippen molar-refractivity contribution >= 4 is 17.7 Å². The van der Waals surface area contributed by atoms with E-state index in [1.54, 1.807) is 28.9 Å². The summed E-state index contributed by atoms with van der Waals surface area (Å²) < 4.78 is 1.60. The molecule has 1 aromatic carbocycles. The van der Waals surface area contributed by atoms with E-state index in [4.69, 9.17) is 0 Å². The molecule has 2 aromatic heterocycles. The first-order valence-electron chi connectivity index (χ1n) is 11.0. The van der Waals surface area contributed by atoms with Crippen LogP contribution in [-0.2, 0) is 30.8 Å². The molecular weight excluding hydrogens is 422 g/mol. The highest BCUT2D eigenvalue weighted by Gasteiger charge is 2.23. The lowest BCUT2D eigenvalue weighted by atomic mass is 10.0. The van der Waals surface area contributed by atoms with Crippen LogP contribution in [0, 0.1) is 0 Å². The van der Waals surface area contributed by atoms with Crippen LogP contribution in [-0.4, -0.2) is 43.4 Å². The lowest BCUT2D eigenvalue weighted by Gasteiger charge is -2.18. The molecular formula is C24H27N5O4. The van der Waals surface area contributed by atoms with Gasteiger partial charge in [0.15, 0.2) is 0 Å². The van der Waals surface area contributed by atoms with Crippen molar-refractivity contribution in [1.29, 1.82) is 0 Å². The van der Waals surface area contributed by atoms with E-state index in [9.17, 15) is 19.8 Å². The van der Waals surface area contributed by atoms with Crippen molar-refractivity contribution in [3.63, 3.8) is 0 Å². The molecule has 1 atom stereocenters. The zero-order chi connectivity index (χ0) is 23.2. The monoisotopic (exact) mass is 449 g/mol. The number of carboxylic acids is 1. The number of carbonyl (C=O) groups is 2. The third-order valence-electron chi connectivity index (χ3n) is 5.76. The summed E-state index contributed by atoms with van der Waals surface area (Å²) in [5, 5.41) is 29.6. The van der Waals surface area contributed by atoms with E-state index in [0.29, 0.717) is 24.2 Å². The minimum atomic E-state index is -1.02. The number of aliphatic hydroxyl groups is 1. The maximum Gasteiger partial charge on any atom is 0.305 e. The van der Waals surface area contributed by atoms with Crippen molar-refractivity contribution in [2.45, 2.75) is 44.9 Å². The zero-order valence-corrected chi connectivity index (χ0v) is 18.2. The molecule has 0 fully saturated rings. The molecule has 4 rings (SSSR count). The van der Waals surface area contributed by atoms with Gasteiger partial charge in [-0.05, 0) is 30.0 Å². The average molecular weight is 450 g/mol. The van der Waals surface area contributed by atoms with Crippen molar-refractivity contribution < 1.29 is 19.8 Å². The first-order chi connectivity index (χ1) is 16.0. The van der Waals surface area contributed by atoms with Crippen molar-refractivity contribution in [3.05, 3.63) is 76.7 Å². The molecule has 4 N–H and O–H groups in total. The van der Waals surface area contributed by atoms with E-state index >= 15 is 0 Å². The van der Waals surface area contributed by atoms with E-state index in [1.165, 1.54) is 11.8 Å². The number of pyridine rings is 1. The molecule has 0 saturated carbocycles. The predicted molar refractivity (Wildman–Crippen MR) is 122 cm³/mol. The topological polar surface area (TPSA) is 129 Å². The maximum absolute atomic E-state index is 12.9. The van der Waals surface area contributed by atoms with E-state index in [1.807, 2.05) is 12.1 Å². The number of aliphatic carboxylic acids is 1. The molecule has 9 nitrogen and oxygen atoms in total. The largest absolute Gasteiger partial charge is 0.481 e. The van der Waals surface area contributed by atoms with Gasteiger partial charge >= 0.3 is 5.97 Å². The number of benzene rings is 1. The minimum Gasteiger partial charge on any atom is -0.481 e. The minimum absolute atomic E-state index is 0.226. The fourth-order valence-electron chi connectivity index (χ4n) is 4.04. The maximum atomic E-state index is 12.9. The number of fused-ring (bicyclic) bond motifs is 1. The summed E-state index contributed by atoms with van der Waals surface area (Å²) in [6.07, 6.45) is 3.87. The van der Waals surface area contributed by atoms with Crippen LogP contribution in [0.3, 0.4) is 0 Å². The van der Waals surface area contributed by atoms with Crippen LogP contribution in [0.25, 0.3) is 0 Å². The van der Waals surface area contributed by atoms with E-state index in [0.717, 1.165) is 30.9 Å². The van der Waals surface area contributed by atoms with Crippen LogP contribution in [0.5, 0.6) is 0 Å². The molecule has 0 spiro atoms. The van der Waals surface area contributed by atoms with Crippen molar-refractivity contribution in [2.75, 3.05) is 11.9 Å². The molecule has 0 saturated heterocycles. The second-order valence-electron chi connectivity index (χ2n) is 8.01. The number of aliphatic hydroxyl groups excluding tert-OH is 1. The van der Waals surface area contributed by atoms with Crippen LogP contribution in [0.15, 0.2) is 48.7 Å². The molecule has 3 aromatic rings. The van der Waals surface area contributed by atoms with Gasteiger partial charge in [0, 0.05) is 25.2 Å². The number of amides is 1. The Morgan fingerprint density at radius 1 is 1.18 bits per heavy atom. The smallest absolute Gasteiger partial charge is 0.305 e. The number of nitrogens with one attached hydrogen (secondary N) is 2. The summed E-state index contributed by atoms with van der Waals surface area (Å²) in [5.74, 6) is -0.571. The van der Waals surface area contributed by atoms with Gasteiger partial charge < -0.3 is 20.8 Å². The number of aryl methyl sites for hydroxylation is 3. The van der Waals surface area contributed by atoms with Gasteiger partial charge in [-0.15, -0.1) is 0 Å². The predicted octanol–water partition coefficient (Wildman–Crippen LogP) is 2.32. The molecule has 0 radical (unpaired) electrons. The SMILES string of the molecule is O=C(O)CC(NC(=O)c1cnn(CCc2ccc3c(n2)NCCC3)c1CO)c1ccccc1. The van der Waals surface area contributed by atoms with Crippen molar-refractivity contribution in [2.24, 2.45) is 0 Å². The zero-order valence-electron chi connectivity index (χ0n) is 18.2. The Bertz CT molecular complexity index is 1130. The molecule has 1 aliphatic rings. The summed E-state index contributed by atoms with van der Waals surface area (Å²) in [5.41, 5.74) is 3.42. The lowest BCUT2D eigenvalue weighted by molar-refractivity contribution is -0.137. The summed E-state index contributed by atoms with van der Waals surface area (Å²) in [7, 11) is 0. The number of carbonyl (C=O) groups excluding carboxylic acids is 1. The Labute approximate surface area is 191 Å².